The summed E-state index contributed by atoms with van der Waals surface area (Å²) in [6.45, 7) is 17.6. The van der Waals surface area contributed by atoms with Crippen LogP contribution in [0.2, 0.25) is 0 Å². The summed E-state index contributed by atoms with van der Waals surface area (Å²) in [6.07, 6.45) is 2.53. The summed E-state index contributed by atoms with van der Waals surface area (Å²) in [5, 5.41) is 3.66. The van der Waals surface area contributed by atoms with Crippen molar-refractivity contribution in [3.8, 4) is 0 Å². The molecule has 0 aromatic carbocycles. The molecule has 2 unspecified atom stereocenters. The molecule has 114 valence electrons. The predicted octanol–water partition coefficient (Wildman–Crippen LogP) is 2.43. The molecular weight excluding hydrogens is 234 g/mol. The van der Waals surface area contributed by atoms with Crippen molar-refractivity contribution in [2.75, 3.05) is 39.8 Å². The Labute approximate surface area is 120 Å². The minimum Gasteiger partial charge on any atom is -0.314 e. The van der Waals surface area contributed by atoms with E-state index < -0.39 is 0 Å². The third kappa shape index (κ3) is 5.41. The van der Waals surface area contributed by atoms with Gasteiger partial charge in [-0.1, -0.05) is 34.6 Å². The van der Waals surface area contributed by atoms with E-state index in [-0.39, 0.29) is 0 Å². The van der Waals surface area contributed by atoms with E-state index in [9.17, 15) is 0 Å². The van der Waals surface area contributed by atoms with Crippen molar-refractivity contribution in [3.05, 3.63) is 0 Å². The molecule has 0 radical (unpaired) electrons. The first-order valence-corrected chi connectivity index (χ1v) is 8.04. The van der Waals surface area contributed by atoms with Crippen LogP contribution in [-0.4, -0.2) is 61.7 Å². The molecule has 0 aromatic heterocycles. The van der Waals surface area contributed by atoms with Crippen LogP contribution in [0.15, 0.2) is 0 Å². The lowest BCUT2D eigenvalue weighted by atomic mass is 9.84. The van der Waals surface area contributed by atoms with E-state index in [0.29, 0.717) is 11.5 Å². The van der Waals surface area contributed by atoms with Crippen molar-refractivity contribution < 1.29 is 0 Å². The zero-order chi connectivity index (χ0) is 14.5. The predicted molar refractivity (Wildman–Crippen MR) is 84.7 cm³/mol. The monoisotopic (exact) mass is 269 g/mol. The zero-order valence-corrected chi connectivity index (χ0v) is 14.0. The highest BCUT2D eigenvalue weighted by Crippen LogP contribution is 2.22. The summed E-state index contributed by atoms with van der Waals surface area (Å²) in [4.78, 5) is 5.17. The molecule has 1 aliphatic heterocycles. The molecule has 1 N–H and O–H groups in total. The average Bonchev–Trinajstić information content (AvgIpc) is 2.34. The van der Waals surface area contributed by atoms with Crippen LogP contribution >= 0.6 is 0 Å². The van der Waals surface area contributed by atoms with E-state index in [1.807, 2.05) is 0 Å². The first-order valence-electron chi connectivity index (χ1n) is 8.04. The van der Waals surface area contributed by atoms with Gasteiger partial charge in [0, 0.05) is 31.7 Å². The van der Waals surface area contributed by atoms with Gasteiger partial charge in [-0.2, -0.15) is 0 Å². The number of likely N-dealkylation sites (N-methyl/N-ethyl adjacent to an activating group) is 1. The second-order valence-corrected chi connectivity index (χ2v) is 7.11. The van der Waals surface area contributed by atoms with Crippen LogP contribution in [-0.2, 0) is 0 Å². The normalized spacial score (nSPS) is 24.6. The molecule has 0 spiro atoms. The van der Waals surface area contributed by atoms with E-state index in [1.54, 1.807) is 0 Å². The highest BCUT2D eigenvalue weighted by Gasteiger charge is 2.26. The van der Waals surface area contributed by atoms with Gasteiger partial charge in [0.25, 0.3) is 0 Å². The molecule has 1 aliphatic rings. The van der Waals surface area contributed by atoms with E-state index >= 15 is 0 Å². The van der Waals surface area contributed by atoms with Gasteiger partial charge in [-0.25, -0.2) is 0 Å². The van der Waals surface area contributed by atoms with Crippen molar-refractivity contribution in [1.29, 1.82) is 0 Å². The fourth-order valence-electron chi connectivity index (χ4n) is 3.05. The fraction of sp³-hybridized carbons (Fsp3) is 1.00. The van der Waals surface area contributed by atoms with Gasteiger partial charge in [0.2, 0.25) is 0 Å². The third-order valence-corrected chi connectivity index (χ3v) is 4.56. The Morgan fingerprint density at radius 2 is 1.89 bits per heavy atom. The maximum atomic E-state index is 3.66. The van der Waals surface area contributed by atoms with Gasteiger partial charge in [0.05, 0.1) is 0 Å². The Balaban J connectivity index is 2.42. The number of hydrogen-bond donors (Lipinski definition) is 1. The fourth-order valence-corrected chi connectivity index (χ4v) is 3.05. The van der Waals surface area contributed by atoms with Gasteiger partial charge in [-0.15, -0.1) is 0 Å². The Morgan fingerprint density at radius 3 is 2.42 bits per heavy atom. The summed E-state index contributed by atoms with van der Waals surface area (Å²) in [7, 11) is 2.27. The van der Waals surface area contributed by atoms with Crippen molar-refractivity contribution in [2.24, 2.45) is 5.41 Å². The van der Waals surface area contributed by atoms with Gasteiger partial charge in [0.1, 0.15) is 0 Å². The largest absolute Gasteiger partial charge is 0.314 e. The third-order valence-electron chi connectivity index (χ3n) is 4.56. The number of nitrogens with zero attached hydrogens (tertiary/aromatic N) is 2. The topological polar surface area (TPSA) is 18.5 Å². The van der Waals surface area contributed by atoms with Crippen LogP contribution in [0, 0.1) is 5.41 Å². The van der Waals surface area contributed by atoms with Crippen molar-refractivity contribution in [1.82, 2.24) is 15.1 Å². The minimum atomic E-state index is 0.354. The van der Waals surface area contributed by atoms with Crippen molar-refractivity contribution in [2.45, 2.75) is 59.5 Å². The summed E-state index contributed by atoms with van der Waals surface area (Å²) in [5.41, 5.74) is 0.354. The summed E-state index contributed by atoms with van der Waals surface area (Å²) in [5.74, 6) is 0. The number of nitrogens with one attached hydrogen (secondary N) is 1. The molecule has 0 saturated carbocycles. The number of piperazine rings is 1. The number of hydrogen-bond acceptors (Lipinski definition) is 3. The summed E-state index contributed by atoms with van der Waals surface area (Å²) >= 11 is 0. The molecule has 19 heavy (non-hydrogen) atoms. The van der Waals surface area contributed by atoms with Crippen LogP contribution in [0.4, 0.5) is 0 Å². The van der Waals surface area contributed by atoms with Crippen LogP contribution in [0.25, 0.3) is 0 Å². The van der Waals surface area contributed by atoms with Crippen molar-refractivity contribution in [3.63, 3.8) is 0 Å². The molecule has 1 heterocycles. The minimum absolute atomic E-state index is 0.354. The van der Waals surface area contributed by atoms with E-state index in [0.717, 1.165) is 12.6 Å². The van der Waals surface area contributed by atoms with E-state index in [4.69, 9.17) is 0 Å². The van der Waals surface area contributed by atoms with Gasteiger partial charge in [-0.3, -0.25) is 0 Å². The molecule has 1 rings (SSSR count). The van der Waals surface area contributed by atoms with E-state index in [2.05, 4.69) is 56.8 Å². The molecule has 0 bridgehead atoms. The first-order chi connectivity index (χ1) is 8.88. The second-order valence-electron chi connectivity index (χ2n) is 7.11. The average molecular weight is 269 g/mol. The van der Waals surface area contributed by atoms with Crippen molar-refractivity contribution >= 4 is 0 Å². The lowest BCUT2D eigenvalue weighted by Crippen LogP contribution is -2.52. The molecule has 0 aromatic rings. The lowest BCUT2D eigenvalue weighted by Gasteiger charge is -2.40. The standard InChI is InChI=1S/C16H35N3/c1-7-14-13-19(12-11-18(14)6)10-9-15(17-8-2)16(3,4)5/h14-15,17H,7-13H2,1-6H3. The molecule has 3 nitrogen and oxygen atoms in total. The molecule has 3 heteroatoms. The molecule has 2 atom stereocenters. The highest BCUT2D eigenvalue weighted by molar-refractivity contribution is 4.84. The van der Waals surface area contributed by atoms with Gasteiger partial charge in [-0.05, 0) is 38.4 Å². The van der Waals surface area contributed by atoms with Crippen LogP contribution in [0.1, 0.15) is 47.5 Å². The summed E-state index contributed by atoms with van der Waals surface area (Å²) in [6, 6.07) is 1.37. The van der Waals surface area contributed by atoms with Gasteiger partial charge >= 0.3 is 0 Å². The molecule has 0 amide bonds. The quantitative estimate of drug-likeness (QED) is 0.799. The SMILES string of the molecule is CCNC(CCN1CCN(C)C(CC)C1)C(C)(C)C. The Kier molecular flexibility index (Phi) is 6.78. The Hall–Kier alpha value is -0.120. The smallest absolute Gasteiger partial charge is 0.0218 e. The Bertz CT molecular complexity index is 247. The van der Waals surface area contributed by atoms with E-state index in [1.165, 1.54) is 39.0 Å². The lowest BCUT2D eigenvalue weighted by molar-refractivity contribution is 0.0856. The summed E-state index contributed by atoms with van der Waals surface area (Å²) < 4.78 is 0. The van der Waals surface area contributed by atoms with Gasteiger partial charge < -0.3 is 15.1 Å². The Morgan fingerprint density at radius 1 is 1.21 bits per heavy atom. The molecular formula is C16H35N3. The van der Waals surface area contributed by atoms with Crippen LogP contribution < -0.4 is 5.32 Å². The molecule has 1 fully saturated rings. The second kappa shape index (κ2) is 7.61. The highest BCUT2D eigenvalue weighted by atomic mass is 15.3. The zero-order valence-electron chi connectivity index (χ0n) is 14.0. The van der Waals surface area contributed by atoms with Crippen LogP contribution in [0.3, 0.4) is 0 Å². The maximum Gasteiger partial charge on any atom is 0.0218 e. The van der Waals surface area contributed by atoms with Gasteiger partial charge in [0.15, 0.2) is 0 Å². The maximum absolute atomic E-state index is 3.66. The van der Waals surface area contributed by atoms with Crippen LogP contribution in [0.5, 0.6) is 0 Å². The molecule has 0 aliphatic carbocycles. The molecule has 1 saturated heterocycles. The number of rotatable bonds is 6. The first kappa shape index (κ1) is 16.9.